The molecule has 0 aromatic carbocycles. The summed E-state index contributed by atoms with van der Waals surface area (Å²) in [4.78, 5) is 11.7. The minimum absolute atomic E-state index is 0. The Labute approximate surface area is 99.8 Å². The smallest absolute Gasteiger partial charge is 0.256 e. The van der Waals surface area contributed by atoms with Gasteiger partial charge in [-0.3, -0.25) is 9.48 Å². The maximum atomic E-state index is 11.7. The van der Waals surface area contributed by atoms with E-state index in [4.69, 9.17) is 4.74 Å². The molecule has 1 amide bonds. The molecular weight excluding hydrogens is 232 g/mol. The first-order chi connectivity index (χ1) is 7.25. The minimum Gasteiger partial charge on any atom is -0.366 e. The molecule has 2 N–H and O–H groups in total. The van der Waals surface area contributed by atoms with E-state index in [0.29, 0.717) is 19.0 Å². The molecule has 2 rings (SSSR count). The van der Waals surface area contributed by atoms with Crippen molar-refractivity contribution < 1.29 is 9.53 Å². The number of ether oxygens (including phenoxy) is 1. The van der Waals surface area contributed by atoms with Crippen molar-refractivity contribution >= 4 is 24.1 Å². The van der Waals surface area contributed by atoms with Crippen LogP contribution in [0.2, 0.25) is 0 Å². The Balaban J connectivity index is 0.00000128. The van der Waals surface area contributed by atoms with Crippen LogP contribution in [0.25, 0.3) is 0 Å². The summed E-state index contributed by atoms with van der Waals surface area (Å²) in [6.07, 6.45) is 1.36. The highest BCUT2D eigenvalue weighted by Crippen LogP contribution is 2.04. The molecule has 6 nitrogen and oxygen atoms in total. The standard InChI is InChI=1S/C9H14N4O2.ClH/c1-13-4-2-8(12-13)11-9(14)7-6-10-3-5-15-7;/h2,4,7,10H,3,5-6H2,1H3,(H,11,12,14);1H. The number of aromatic nitrogens is 2. The Morgan fingerprint density at radius 2 is 2.56 bits per heavy atom. The fraction of sp³-hybridized carbons (Fsp3) is 0.556. The number of carbonyl (C=O) groups excluding carboxylic acids is 1. The first-order valence-electron chi connectivity index (χ1n) is 4.88. The molecule has 0 aliphatic carbocycles. The molecule has 0 spiro atoms. The van der Waals surface area contributed by atoms with Gasteiger partial charge in [-0.25, -0.2) is 0 Å². The van der Waals surface area contributed by atoms with Crippen LogP contribution in [-0.4, -0.2) is 41.5 Å². The number of anilines is 1. The zero-order valence-electron chi connectivity index (χ0n) is 8.97. The molecule has 1 aromatic heterocycles. The van der Waals surface area contributed by atoms with Crippen molar-refractivity contribution in [3.8, 4) is 0 Å². The van der Waals surface area contributed by atoms with Crippen LogP contribution < -0.4 is 10.6 Å². The average molecular weight is 247 g/mol. The Bertz CT molecular complexity index is 349. The molecule has 1 fully saturated rings. The summed E-state index contributed by atoms with van der Waals surface area (Å²) in [5, 5.41) is 9.85. The van der Waals surface area contributed by atoms with E-state index in [1.165, 1.54) is 0 Å². The Hall–Kier alpha value is -1.11. The average Bonchev–Trinajstić information content (AvgIpc) is 2.65. The summed E-state index contributed by atoms with van der Waals surface area (Å²) in [5.41, 5.74) is 0. The predicted octanol–water partition coefficient (Wildman–Crippen LogP) is -0.231. The molecule has 1 saturated heterocycles. The molecule has 1 aromatic rings. The number of hydrogen-bond donors (Lipinski definition) is 2. The van der Waals surface area contributed by atoms with E-state index in [0.717, 1.165) is 6.54 Å². The van der Waals surface area contributed by atoms with Crippen LogP contribution in [0.1, 0.15) is 0 Å². The van der Waals surface area contributed by atoms with E-state index in [2.05, 4.69) is 15.7 Å². The Morgan fingerprint density at radius 3 is 3.12 bits per heavy atom. The highest BCUT2D eigenvalue weighted by atomic mass is 35.5. The molecule has 1 atom stereocenters. The molecule has 7 heteroatoms. The quantitative estimate of drug-likeness (QED) is 0.757. The number of hydrogen-bond acceptors (Lipinski definition) is 4. The lowest BCUT2D eigenvalue weighted by molar-refractivity contribution is -0.128. The maximum absolute atomic E-state index is 11.7. The van der Waals surface area contributed by atoms with Gasteiger partial charge in [0.2, 0.25) is 0 Å². The lowest BCUT2D eigenvalue weighted by Gasteiger charge is -2.22. The molecule has 0 bridgehead atoms. The second-order valence-electron chi connectivity index (χ2n) is 3.43. The summed E-state index contributed by atoms with van der Waals surface area (Å²) in [6, 6.07) is 1.74. The van der Waals surface area contributed by atoms with Crippen molar-refractivity contribution in [2.45, 2.75) is 6.10 Å². The van der Waals surface area contributed by atoms with E-state index in [-0.39, 0.29) is 18.3 Å². The maximum Gasteiger partial charge on any atom is 0.256 e. The van der Waals surface area contributed by atoms with Crippen LogP contribution in [0, 0.1) is 0 Å². The van der Waals surface area contributed by atoms with Crippen molar-refractivity contribution in [3.63, 3.8) is 0 Å². The van der Waals surface area contributed by atoms with Gasteiger partial charge in [-0.2, -0.15) is 5.10 Å². The van der Waals surface area contributed by atoms with Crippen molar-refractivity contribution in [2.24, 2.45) is 7.05 Å². The van der Waals surface area contributed by atoms with Crippen LogP contribution in [0.15, 0.2) is 12.3 Å². The molecule has 0 saturated carbocycles. The number of nitrogens with zero attached hydrogens (tertiary/aromatic N) is 2. The van der Waals surface area contributed by atoms with Gasteiger partial charge in [-0.1, -0.05) is 0 Å². The molecule has 16 heavy (non-hydrogen) atoms. The number of amides is 1. The lowest BCUT2D eigenvalue weighted by atomic mass is 10.3. The summed E-state index contributed by atoms with van der Waals surface area (Å²) in [5.74, 6) is 0.401. The van der Waals surface area contributed by atoms with E-state index in [1.807, 2.05) is 0 Å². The van der Waals surface area contributed by atoms with E-state index in [1.54, 1.807) is 24.0 Å². The van der Waals surface area contributed by atoms with Gasteiger partial charge in [0, 0.05) is 32.4 Å². The normalized spacial score (nSPS) is 19.9. The van der Waals surface area contributed by atoms with Crippen molar-refractivity contribution in [2.75, 3.05) is 25.0 Å². The van der Waals surface area contributed by atoms with Gasteiger partial charge >= 0.3 is 0 Å². The number of rotatable bonds is 2. The zero-order valence-corrected chi connectivity index (χ0v) is 9.79. The third kappa shape index (κ3) is 3.19. The van der Waals surface area contributed by atoms with Crippen LogP contribution in [0.5, 0.6) is 0 Å². The van der Waals surface area contributed by atoms with E-state index in [9.17, 15) is 4.79 Å². The second kappa shape index (κ2) is 5.83. The van der Waals surface area contributed by atoms with Gasteiger partial charge in [0.15, 0.2) is 5.82 Å². The number of carbonyl (C=O) groups is 1. The predicted molar refractivity (Wildman–Crippen MR) is 61.7 cm³/mol. The van der Waals surface area contributed by atoms with Gasteiger partial charge in [-0.05, 0) is 0 Å². The fourth-order valence-corrected chi connectivity index (χ4v) is 1.42. The summed E-state index contributed by atoms with van der Waals surface area (Å²) >= 11 is 0. The lowest BCUT2D eigenvalue weighted by Crippen LogP contribution is -2.45. The topological polar surface area (TPSA) is 68.2 Å². The monoisotopic (exact) mass is 246 g/mol. The molecule has 1 unspecified atom stereocenters. The van der Waals surface area contributed by atoms with Gasteiger partial charge < -0.3 is 15.4 Å². The van der Waals surface area contributed by atoms with Gasteiger partial charge in [0.1, 0.15) is 6.10 Å². The number of morpholine rings is 1. The highest BCUT2D eigenvalue weighted by molar-refractivity contribution is 5.93. The summed E-state index contributed by atoms with van der Waals surface area (Å²) in [6.45, 7) is 1.92. The first kappa shape index (κ1) is 13.0. The van der Waals surface area contributed by atoms with Crippen LogP contribution in [-0.2, 0) is 16.6 Å². The van der Waals surface area contributed by atoms with Crippen molar-refractivity contribution in [1.29, 1.82) is 0 Å². The first-order valence-corrected chi connectivity index (χ1v) is 4.88. The molecule has 1 aliphatic heterocycles. The number of halogens is 1. The second-order valence-corrected chi connectivity index (χ2v) is 3.43. The van der Waals surface area contributed by atoms with Gasteiger partial charge in [-0.15, -0.1) is 12.4 Å². The van der Waals surface area contributed by atoms with Crippen molar-refractivity contribution in [1.82, 2.24) is 15.1 Å². The highest BCUT2D eigenvalue weighted by Gasteiger charge is 2.22. The van der Waals surface area contributed by atoms with E-state index < -0.39 is 6.10 Å². The molecule has 1 aliphatic rings. The largest absolute Gasteiger partial charge is 0.366 e. The molecule has 0 radical (unpaired) electrons. The van der Waals surface area contributed by atoms with Crippen LogP contribution >= 0.6 is 12.4 Å². The van der Waals surface area contributed by atoms with E-state index >= 15 is 0 Å². The SMILES string of the molecule is Cl.Cn1ccc(NC(=O)C2CNCCO2)n1. The molecule has 2 heterocycles. The van der Waals surface area contributed by atoms with Gasteiger partial charge in [0.25, 0.3) is 5.91 Å². The summed E-state index contributed by atoms with van der Waals surface area (Å²) in [7, 11) is 1.80. The third-order valence-corrected chi connectivity index (χ3v) is 2.18. The Kier molecular flexibility index (Phi) is 4.72. The number of aryl methyl sites for hydroxylation is 1. The molecule has 90 valence electrons. The number of nitrogens with one attached hydrogen (secondary N) is 2. The third-order valence-electron chi connectivity index (χ3n) is 2.18. The molecular formula is C9H15ClN4O2. The minimum atomic E-state index is -0.416. The summed E-state index contributed by atoms with van der Waals surface area (Å²) < 4.78 is 6.94. The zero-order chi connectivity index (χ0) is 10.7. The van der Waals surface area contributed by atoms with Gasteiger partial charge in [0.05, 0.1) is 6.61 Å². The fourth-order valence-electron chi connectivity index (χ4n) is 1.42. The van der Waals surface area contributed by atoms with Crippen molar-refractivity contribution in [3.05, 3.63) is 12.3 Å². The van der Waals surface area contributed by atoms with Crippen LogP contribution in [0.3, 0.4) is 0 Å². The Morgan fingerprint density at radius 1 is 1.75 bits per heavy atom. The van der Waals surface area contributed by atoms with Crippen LogP contribution in [0.4, 0.5) is 5.82 Å².